The quantitative estimate of drug-likeness (QED) is 0.190. The van der Waals surface area contributed by atoms with Crippen molar-refractivity contribution in [2.24, 2.45) is 5.92 Å². The van der Waals surface area contributed by atoms with Gasteiger partial charge in [0.15, 0.2) is 0 Å². The average Bonchev–Trinajstić information content (AvgIpc) is 2.80. The maximum absolute atomic E-state index is 12.6. The van der Waals surface area contributed by atoms with Crippen molar-refractivity contribution in [3.63, 3.8) is 0 Å². The zero-order chi connectivity index (χ0) is 22.6. The van der Waals surface area contributed by atoms with Crippen LogP contribution in [-0.4, -0.2) is 41.8 Å². The number of hydrogen-bond acceptors (Lipinski definition) is 7. The first-order valence-corrected chi connectivity index (χ1v) is 10.8. The maximum atomic E-state index is 12.6. The molecular weight excluding hydrogens is 420 g/mol. The molecule has 0 saturated carbocycles. The Morgan fingerprint density at radius 3 is 2.58 bits per heavy atom. The lowest BCUT2D eigenvalue weighted by Gasteiger charge is -2.23. The van der Waals surface area contributed by atoms with E-state index in [4.69, 9.17) is 19.8 Å². The Morgan fingerprint density at radius 2 is 1.94 bits per heavy atom. The number of rotatable bonds is 10. The normalized spacial score (nSPS) is 12.8. The summed E-state index contributed by atoms with van der Waals surface area (Å²) in [7, 11) is 0. The molecule has 2 aromatic rings. The molecule has 8 nitrogen and oxygen atoms in total. The fraction of sp³-hybridized carbons (Fsp3) is 0.273. The Morgan fingerprint density at radius 1 is 1.19 bits per heavy atom. The Bertz CT molecular complexity index is 888. The van der Waals surface area contributed by atoms with E-state index in [1.807, 2.05) is 18.4 Å². The Hall–Kier alpha value is -3.01. The van der Waals surface area contributed by atoms with Gasteiger partial charge < -0.3 is 14.6 Å². The summed E-state index contributed by atoms with van der Waals surface area (Å²) in [6.45, 7) is 1.78. The predicted molar refractivity (Wildman–Crippen MR) is 118 cm³/mol. The third-order valence-electron chi connectivity index (χ3n) is 4.26. The first-order valence-electron chi connectivity index (χ1n) is 9.54. The molecule has 0 aliphatic heterocycles. The topological polar surface area (TPSA) is 117 Å². The smallest absolute Gasteiger partial charge is 0.412 e. The van der Waals surface area contributed by atoms with E-state index in [2.05, 4.69) is 5.32 Å². The number of nitrogens with one attached hydrogen (secondary N) is 2. The van der Waals surface area contributed by atoms with E-state index in [1.54, 1.807) is 55.1 Å². The minimum absolute atomic E-state index is 0.128. The minimum atomic E-state index is -0.745. The molecule has 0 bridgehead atoms. The van der Waals surface area contributed by atoms with Gasteiger partial charge in [0.25, 0.3) is 5.91 Å². The van der Waals surface area contributed by atoms with Gasteiger partial charge in [-0.05, 0) is 48.2 Å². The summed E-state index contributed by atoms with van der Waals surface area (Å²) in [5, 5.41) is 20.3. The highest BCUT2D eigenvalue weighted by molar-refractivity contribution is 7.98. The minimum Gasteiger partial charge on any atom is -0.491 e. The largest absolute Gasteiger partial charge is 0.491 e. The van der Waals surface area contributed by atoms with Crippen LogP contribution in [-0.2, 0) is 9.53 Å². The second-order valence-electron chi connectivity index (χ2n) is 6.52. The summed E-state index contributed by atoms with van der Waals surface area (Å²) in [5.74, 6) is -0.587. The van der Waals surface area contributed by atoms with E-state index >= 15 is 0 Å². The Balaban J connectivity index is 2.20. The average molecular weight is 447 g/mol. The van der Waals surface area contributed by atoms with Gasteiger partial charge in [-0.3, -0.25) is 15.3 Å². The molecule has 0 saturated heterocycles. The molecule has 166 valence electrons. The maximum Gasteiger partial charge on any atom is 0.412 e. The van der Waals surface area contributed by atoms with Crippen molar-refractivity contribution in [2.75, 3.05) is 24.8 Å². The molecule has 0 heterocycles. The number of ether oxygens (including phenoxy) is 2. The summed E-state index contributed by atoms with van der Waals surface area (Å²) in [4.78, 5) is 25.0. The fourth-order valence-electron chi connectivity index (χ4n) is 2.74. The highest BCUT2D eigenvalue weighted by Gasteiger charge is 2.23. The van der Waals surface area contributed by atoms with E-state index in [0.717, 1.165) is 11.0 Å². The fourth-order valence-corrected chi connectivity index (χ4v) is 3.15. The van der Waals surface area contributed by atoms with Crippen molar-refractivity contribution in [1.82, 2.24) is 5.48 Å². The van der Waals surface area contributed by atoms with Crippen molar-refractivity contribution < 1.29 is 29.4 Å². The molecule has 2 atom stereocenters. The molecule has 0 aliphatic carbocycles. The van der Waals surface area contributed by atoms with E-state index in [0.29, 0.717) is 17.0 Å². The number of amides is 2. The summed E-state index contributed by atoms with van der Waals surface area (Å²) in [6.07, 6.45) is 3.25. The number of hydroxylamine groups is 1. The molecule has 0 fully saturated rings. The van der Waals surface area contributed by atoms with Crippen molar-refractivity contribution in [3.8, 4) is 5.75 Å². The molecule has 0 aliphatic rings. The van der Waals surface area contributed by atoms with Gasteiger partial charge in [-0.2, -0.15) is 0 Å². The van der Waals surface area contributed by atoms with Gasteiger partial charge in [0.2, 0.25) is 0 Å². The SMILES string of the molecule is CSc1ccc(NC(=O)O[C@H](c2cccc(OCCO)c2)[C@H](C)/C=C/C(=O)NO)cc1. The number of thioether (sulfide) groups is 1. The number of carbonyl (C=O) groups is 2. The van der Waals surface area contributed by atoms with E-state index in [1.165, 1.54) is 11.6 Å². The highest BCUT2D eigenvalue weighted by Crippen LogP contribution is 2.30. The first-order chi connectivity index (χ1) is 15.0. The van der Waals surface area contributed by atoms with Crippen molar-refractivity contribution in [1.29, 1.82) is 0 Å². The lowest BCUT2D eigenvalue weighted by Crippen LogP contribution is -2.22. The van der Waals surface area contributed by atoms with Crippen LogP contribution in [0.25, 0.3) is 0 Å². The van der Waals surface area contributed by atoms with Crippen molar-refractivity contribution >= 4 is 29.4 Å². The number of aliphatic hydroxyl groups is 1. The lowest BCUT2D eigenvalue weighted by molar-refractivity contribution is -0.124. The van der Waals surface area contributed by atoms with Gasteiger partial charge in [0.05, 0.1) is 6.61 Å². The van der Waals surface area contributed by atoms with Crippen LogP contribution in [0.5, 0.6) is 5.75 Å². The zero-order valence-corrected chi connectivity index (χ0v) is 18.1. The third kappa shape index (κ3) is 7.97. The number of hydrogen-bond donors (Lipinski definition) is 4. The summed E-state index contributed by atoms with van der Waals surface area (Å²) < 4.78 is 11.1. The van der Waals surface area contributed by atoms with Gasteiger partial charge in [-0.1, -0.05) is 25.1 Å². The van der Waals surface area contributed by atoms with Gasteiger partial charge in [-0.15, -0.1) is 11.8 Å². The van der Waals surface area contributed by atoms with Gasteiger partial charge >= 0.3 is 6.09 Å². The van der Waals surface area contributed by atoms with Crippen LogP contribution in [0, 0.1) is 5.92 Å². The predicted octanol–water partition coefficient (Wildman–Crippen LogP) is 3.77. The molecule has 0 spiro atoms. The Kier molecular flexibility index (Phi) is 9.89. The molecule has 9 heteroatoms. The number of benzene rings is 2. The van der Waals surface area contributed by atoms with Crippen LogP contribution in [0.3, 0.4) is 0 Å². The summed E-state index contributed by atoms with van der Waals surface area (Å²) in [5.41, 5.74) is 2.75. The standard InChI is InChI=1S/C22H26N2O6S/c1-15(6-11-20(26)24-28)21(16-4-3-5-18(14-16)29-13-12-25)30-22(27)23-17-7-9-19(31-2)10-8-17/h3-11,14-15,21,25,28H,12-13H2,1-2H3,(H,23,27)(H,24,26)/b11-6+/t15-,21+/m1/s1. The molecule has 0 radical (unpaired) electrons. The lowest BCUT2D eigenvalue weighted by atomic mass is 9.96. The van der Waals surface area contributed by atoms with Gasteiger partial charge in [0, 0.05) is 22.6 Å². The summed E-state index contributed by atoms with van der Waals surface area (Å²) in [6, 6.07) is 14.3. The number of carbonyl (C=O) groups excluding carboxylic acids is 2. The van der Waals surface area contributed by atoms with Crippen LogP contribution in [0.4, 0.5) is 10.5 Å². The number of aliphatic hydroxyl groups excluding tert-OH is 1. The molecule has 0 unspecified atom stereocenters. The number of anilines is 1. The second-order valence-corrected chi connectivity index (χ2v) is 7.40. The zero-order valence-electron chi connectivity index (χ0n) is 17.3. The first kappa shape index (κ1) is 24.3. The molecule has 2 amide bonds. The van der Waals surface area contributed by atoms with E-state index < -0.39 is 24.0 Å². The van der Waals surface area contributed by atoms with Crippen molar-refractivity contribution in [3.05, 3.63) is 66.2 Å². The van der Waals surface area contributed by atoms with Crippen LogP contribution >= 0.6 is 11.8 Å². The Labute approximate surface area is 185 Å². The highest BCUT2D eigenvalue weighted by atomic mass is 32.2. The third-order valence-corrected chi connectivity index (χ3v) is 5.00. The van der Waals surface area contributed by atoms with Crippen LogP contribution < -0.4 is 15.5 Å². The monoisotopic (exact) mass is 446 g/mol. The van der Waals surface area contributed by atoms with Crippen LogP contribution in [0.2, 0.25) is 0 Å². The van der Waals surface area contributed by atoms with Gasteiger partial charge in [-0.25, -0.2) is 10.3 Å². The summed E-state index contributed by atoms with van der Waals surface area (Å²) >= 11 is 1.60. The van der Waals surface area contributed by atoms with E-state index in [9.17, 15) is 9.59 Å². The van der Waals surface area contributed by atoms with E-state index in [-0.39, 0.29) is 13.2 Å². The molecule has 0 aromatic heterocycles. The second kappa shape index (κ2) is 12.6. The molecule has 2 rings (SSSR count). The molecule has 2 aromatic carbocycles. The van der Waals surface area contributed by atoms with Crippen LogP contribution in [0.1, 0.15) is 18.6 Å². The van der Waals surface area contributed by atoms with Gasteiger partial charge in [0.1, 0.15) is 18.5 Å². The molecule has 4 N–H and O–H groups in total. The van der Waals surface area contributed by atoms with Crippen molar-refractivity contribution in [2.45, 2.75) is 17.9 Å². The van der Waals surface area contributed by atoms with Crippen LogP contribution in [0.15, 0.2) is 65.6 Å². The molecular formula is C22H26N2O6S. The molecule has 31 heavy (non-hydrogen) atoms.